The Bertz CT molecular complexity index is 502. The second kappa shape index (κ2) is 4.32. The monoisotopic (exact) mass is 235 g/mol. The predicted molar refractivity (Wildman–Crippen MR) is 62.9 cm³/mol. The Hall–Kier alpha value is -1.88. The molecule has 0 saturated heterocycles. The van der Waals surface area contributed by atoms with Gasteiger partial charge in [0.15, 0.2) is 11.7 Å². The van der Waals surface area contributed by atoms with E-state index in [1.54, 1.807) is 42.2 Å². The molecule has 0 aliphatic heterocycles. The van der Waals surface area contributed by atoms with Crippen LogP contribution in [0.15, 0.2) is 30.6 Å². The Labute approximate surface area is 97.6 Å². The van der Waals surface area contributed by atoms with Gasteiger partial charge in [0.05, 0.1) is 0 Å². The van der Waals surface area contributed by atoms with Crippen LogP contribution in [0.3, 0.4) is 0 Å². The van der Waals surface area contributed by atoms with Crippen LogP contribution in [0.1, 0.15) is 5.82 Å². The number of aryl methyl sites for hydroxylation is 1. The lowest BCUT2D eigenvalue weighted by Crippen LogP contribution is -2.16. The largest absolute Gasteiger partial charge is 0.338 e. The first-order chi connectivity index (χ1) is 7.66. The Balaban J connectivity index is 2.14. The van der Waals surface area contributed by atoms with Gasteiger partial charge in [-0.15, -0.1) is 10.2 Å². The quantitative estimate of drug-likeness (QED) is 0.617. The number of rotatable bonds is 2. The van der Waals surface area contributed by atoms with Crippen LogP contribution in [0.2, 0.25) is 5.02 Å². The van der Waals surface area contributed by atoms with Crippen molar-refractivity contribution in [3.63, 3.8) is 0 Å². The molecule has 0 spiro atoms. The first-order valence-electron chi connectivity index (χ1n) is 4.62. The molecular formula is C10H10ClN5. The summed E-state index contributed by atoms with van der Waals surface area (Å²) < 4.78 is 1.67. The minimum absolute atomic E-state index is 0.197. The van der Waals surface area contributed by atoms with Crippen molar-refractivity contribution in [1.29, 1.82) is 5.41 Å². The Kier molecular flexibility index (Phi) is 2.87. The molecule has 5 nitrogen and oxygen atoms in total. The number of hydrogen-bond donors (Lipinski definition) is 2. The second-order valence-electron chi connectivity index (χ2n) is 3.27. The molecule has 2 aromatic rings. The van der Waals surface area contributed by atoms with Gasteiger partial charge in [-0.05, 0) is 24.3 Å². The number of benzene rings is 1. The van der Waals surface area contributed by atoms with E-state index in [4.69, 9.17) is 17.0 Å². The van der Waals surface area contributed by atoms with Crippen molar-refractivity contribution in [2.24, 2.45) is 7.05 Å². The van der Waals surface area contributed by atoms with E-state index in [2.05, 4.69) is 15.5 Å². The summed E-state index contributed by atoms with van der Waals surface area (Å²) in [5, 5.41) is 18.9. The molecule has 82 valence electrons. The van der Waals surface area contributed by atoms with Crippen LogP contribution in [-0.4, -0.2) is 20.6 Å². The van der Waals surface area contributed by atoms with E-state index in [9.17, 15) is 0 Å². The number of anilines is 1. The zero-order valence-corrected chi connectivity index (χ0v) is 9.36. The van der Waals surface area contributed by atoms with E-state index in [-0.39, 0.29) is 5.84 Å². The molecule has 0 unspecified atom stereocenters. The molecule has 0 aliphatic rings. The molecule has 1 heterocycles. The van der Waals surface area contributed by atoms with Gasteiger partial charge in [0, 0.05) is 17.8 Å². The molecule has 0 fully saturated rings. The smallest absolute Gasteiger partial charge is 0.198 e. The number of amidine groups is 1. The summed E-state index contributed by atoms with van der Waals surface area (Å²) in [6, 6.07) is 7.11. The van der Waals surface area contributed by atoms with Gasteiger partial charge < -0.3 is 9.88 Å². The van der Waals surface area contributed by atoms with E-state index >= 15 is 0 Å². The fourth-order valence-electron chi connectivity index (χ4n) is 1.24. The molecule has 0 aliphatic carbocycles. The third-order valence-corrected chi connectivity index (χ3v) is 2.30. The molecule has 16 heavy (non-hydrogen) atoms. The maximum Gasteiger partial charge on any atom is 0.198 e. The average molecular weight is 236 g/mol. The average Bonchev–Trinajstić information content (AvgIpc) is 2.68. The molecule has 0 radical (unpaired) electrons. The van der Waals surface area contributed by atoms with Crippen LogP contribution in [0.4, 0.5) is 5.69 Å². The first kappa shape index (κ1) is 10.6. The molecule has 6 heteroatoms. The maximum absolute atomic E-state index is 7.81. The van der Waals surface area contributed by atoms with Crippen molar-refractivity contribution in [3.8, 4) is 0 Å². The summed E-state index contributed by atoms with van der Waals surface area (Å²) in [6.45, 7) is 0. The molecule has 0 saturated carbocycles. The van der Waals surface area contributed by atoms with Crippen molar-refractivity contribution in [1.82, 2.24) is 14.8 Å². The van der Waals surface area contributed by atoms with Gasteiger partial charge in [-0.1, -0.05) is 11.6 Å². The van der Waals surface area contributed by atoms with E-state index in [1.807, 2.05) is 0 Å². The Morgan fingerprint density at radius 1 is 1.38 bits per heavy atom. The molecule has 0 amide bonds. The lowest BCUT2D eigenvalue weighted by molar-refractivity contribution is 0.893. The van der Waals surface area contributed by atoms with E-state index in [0.717, 1.165) is 5.69 Å². The van der Waals surface area contributed by atoms with Gasteiger partial charge in [-0.2, -0.15) is 0 Å². The summed E-state index contributed by atoms with van der Waals surface area (Å²) in [7, 11) is 1.79. The van der Waals surface area contributed by atoms with Gasteiger partial charge in [-0.25, -0.2) is 0 Å². The van der Waals surface area contributed by atoms with Crippen molar-refractivity contribution >= 4 is 23.1 Å². The van der Waals surface area contributed by atoms with Crippen LogP contribution in [-0.2, 0) is 7.05 Å². The normalized spacial score (nSPS) is 10.1. The SMILES string of the molecule is Cn1cnnc1C(=N)Nc1ccc(Cl)cc1. The number of aromatic nitrogens is 3. The number of halogens is 1. The summed E-state index contributed by atoms with van der Waals surface area (Å²) in [6.07, 6.45) is 1.55. The van der Waals surface area contributed by atoms with Crippen molar-refractivity contribution < 1.29 is 0 Å². The van der Waals surface area contributed by atoms with Crippen LogP contribution in [0.5, 0.6) is 0 Å². The fraction of sp³-hybridized carbons (Fsp3) is 0.100. The van der Waals surface area contributed by atoms with Gasteiger partial charge >= 0.3 is 0 Å². The number of hydrogen-bond acceptors (Lipinski definition) is 3. The van der Waals surface area contributed by atoms with Gasteiger partial charge in [0.25, 0.3) is 0 Å². The lowest BCUT2D eigenvalue weighted by Gasteiger charge is -2.06. The third kappa shape index (κ3) is 2.20. The molecule has 2 rings (SSSR count). The van der Waals surface area contributed by atoms with Crippen molar-refractivity contribution in [3.05, 3.63) is 41.4 Å². The topological polar surface area (TPSA) is 66.6 Å². The lowest BCUT2D eigenvalue weighted by atomic mass is 10.3. The van der Waals surface area contributed by atoms with Crippen LogP contribution < -0.4 is 5.32 Å². The molecular weight excluding hydrogens is 226 g/mol. The molecule has 1 aromatic carbocycles. The molecule has 2 N–H and O–H groups in total. The molecule has 0 atom stereocenters. The summed E-state index contributed by atoms with van der Waals surface area (Å²) >= 11 is 5.77. The number of nitrogens with one attached hydrogen (secondary N) is 2. The highest BCUT2D eigenvalue weighted by molar-refractivity contribution is 6.30. The minimum atomic E-state index is 0.197. The highest BCUT2D eigenvalue weighted by Crippen LogP contribution is 2.13. The van der Waals surface area contributed by atoms with E-state index in [0.29, 0.717) is 10.8 Å². The van der Waals surface area contributed by atoms with Crippen molar-refractivity contribution in [2.45, 2.75) is 0 Å². The van der Waals surface area contributed by atoms with Crippen LogP contribution in [0.25, 0.3) is 0 Å². The van der Waals surface area contributed by atoms with Gasteiger partial charge in [-0.3, -0.25) is 5.41 Å². The zero-order valence-electron chi connectivity index (χ0n) is 8.61. The van der Waals surface area contributed by atoms with Gasteiger partial charge in [0.1, 0.15) is 6.33 Å². The van der Waals surface area contributed by atoms with E-state index in [1.165, 1.54) is 0 Å². The third-order valence-electron chi connectivity index (χ3n) is 2.05. The first-order valence-corrected chi connectivity index (χ1v) is 5.00. The van der Waals surface area contributed by atoms with Crippen LogP contribution in [0, 0.1) is 5.41 Å². The van der Waals surface area contributed by atoms with Gasteiger partial charge in [0.2, 0.25) is 0 Å². The zero-order chi connectivity index (χ0) is 11.5. The summed E-state index contributed by atoms with van der Waals surface area (Å²) in [4.78, 5) is 0. The standard InChI is InChI=1S/C10H10ClN5/c1-16-6-13-15-10(16)9(12)14-8-4-2-7(11)3-5-8/h2-6H,1H3,(H2,12,14). The minimum Gasteiger partial charge on any atom is -0.338 e. The van der Waals surface area contributed by atoms with Crippen molar-refractivity contribution in [2.75, 3.05) is 5.32 Å². The number of nitrogens with zero attached hydrogens (tertiary/aromatic N) is 3. The van der Waals surface area contributed by atoms with E-state index < -0.39 is 0 Å². The highest BCUT2D eigenvalue weighted by Gasteiger charge is 2.07. The Morgan fingerprint density at radius 2 is 2.06 bits per heavy atom. The molecule has 0 bridgehead atoms. The highest BCUT2D eigenvalue weighted by atomic mass is 35.5. The summed E-state index contributed by atoms with van der Waals surface area (Å²) in [5.74, 6) is 0.678. The predicted octanol–water partition coefficient (Wildman–Crippen LogP) is 1.91. The molecule has 1 aromatic heterocycles. The second-order valence-corrected chi connectivity index (χ2v) is 3.71. The Morgan fingerprint density at radius 3 is 2.62 bits per heavy atom. The van der Waals surface area contributed by atoms with Crippen LogP contribution >= 0.6 is 11.6 Å². The fourth-order valence-corrected chi connectivity index (χ4v) is 1.37. The summed E-state index contributed by atoms with van der Waals surface area (Å²) in [5.41, 5.74) is 0.789. The maximum atomic E-state index is 7.81.